The Labute approximate surface area is 184 Å². The molecular weight excluding hydrogens is 417 g/mol. The molecule has 1 amide bonds. The summed E-state index contributed by atoms with van der Waals surface area (Å²) in [6.45, 7) is 5.49. The fourth-order valence-electron chi connectivity index (χ4n) is 3.76. The molecular formula is C24H25F3N4O. The van der Waals surface area contributed by atoms with Crippen LogP contribution in [0.1, 0.15) is 32.5 Å². The Bertz CT molecular complexity index is 1130. The molecule has 3 aromatic rings. The van der Waals surface area contributed by atoms with Crippen molar-refractivity contribution < 1.29 is 18.0 Å². The zero-order valence-corrected chi connectivity index (χ0v) is 18.0. The number of imidazole rings is 1. The summed E-state index contributed by atoms with van der Waals surface area (Å²) in [5, 5.41) is 3.14. The average molecular weight is 442 g/mol. The molecule has 168 valence electrons. The van der Waals surface area contributed by atoms with Gasteiger partial charge in [-0.2, -0.15) is 0 Å². The van der Waals surface area contributed by atoms with Crippen LogP contribution in [0.2, 0.25) is 0 Å². The molecule has 1 aliphatic rings. The number of hydrogen-bond donors (Lipinski definition) is 1. The molecule has 0 bridgehead atoms. The van der Waals surface area contributed by atoms with Crippen LogP contribution in [-0.2, 0) is 17.9 Å². The monoisotopic (exact) mass is 442 g/mol. The number of aromatic nitrogens is 2. The van der Waals surface area contributed by atoms with Crippen molar-refractivity contribution in [2.24, 2.45) is 5.92 Å². The quantitative estimate of drug-likeness (QED) is 0.549. The van der Waals surface area contributed by atoms with E-state index in [1.165, 1.54) is 18.2 Å². The Hall–Kier alpha value is -3.29. The predicted octanol–water partition coefficient (Wildman–Crippen LogP) is 5.49. The Morgan fingerprint density at radius 1 is 1.09 bits per heavy atom. The Balaban J connectivity index is 1.69. The Morgan fingerprint density at radius 3 is 2.53 bits per heavy atom. The third-order valence-electron chi connectivity index (χ3n) is 5.85. The van der Waals surface area contributed by atoms with Crippen molar-refractivity contribution in [3.63, 3.8) is 0 Å². The van der Waals surface area contributed by atoms with Crippen LogP contribution < -0.4 is 5.32 Å². The minimum absolute atomic E-state index is 0.0899. The van der Waals surface area contributed by atoms with Crippen molar-refractivity contribution in [1.82, 2.24) is 14.5 Å². The van der Waals surface area contributed by atoms with Crippen LogP contribution in [0.4, 0.5) is 24.7 Å². The van der Waals surface area contributed by atoms with Gasteiger partial charge in [0.15, 0.2) is 11.6 Å². The van der Waals surface area contributed by atoms with Crippen molar-refractivity contribution in [2.75, 3.05) is 11.9 Å². The van der Waals surface area contributed by atoms with Gasteiger partial charge in [-0.05, 0) is 42.3 Å². The number of benzene rings is 2. The van der Waals surface area contributed by atoms with E-state index >= 15 is 0 Å². The highest BCUT2D eigenvalue weighted by atomic mass is 19.2. The molecule has 0 unspecified atom stereocenters. The first-order valence-electron chi connectivity index (χ1n) is 10.7. The SMILES string of the molecule is CC[C@H](C)CC(=O)N1CCn2c(nc(-c3ccc(F)cc3)c2Nc2ccc(F)c(F)c2)C1. The second-order valence-corrected chi connectivity index (χ2v) is 8.17. The van der Waals surface area contributed by atoms with Gasteiger partial charge >= 0.3 is 0 Å². The van der Waals surface area contributed by atoms with E-state index in [1.807, 2.05) is 4.57 Å². The molecule has 0 fully saturated rings. The lowest BCUT2D eigenvalue weighted by Gasteiger charge is -2.29. The molecule has 0 saturated heterocycles. The second kappa shape index (κ2) is 9.06. The molecule has 1 aliphatic heterocycles. The van der Waals surface area contributed by atoms with Gasteiger partial charge < -0.3 is 14.8 Å². The largest absolute Gasteiger partial charge is 0.340 e. The maximum Gasteiger partial charge on any atom is 0.223 e. The second-order valence-electron chi connectivity index (χ2n) is 8.17. The fraction of sp³-hybridized carbons (Fsp3) is 0.333. The molecule has 1 aromatic heterocycles. The number of nitrogens with one attached hydrogen (secondary N) is 1. The van der Waals surface area contributed by atoms with Crippen molar-refractivity contribution in [3.05, 3.63) is 65.7 Å². The summed E-state index contributed by atoms with van der Waals surface area (Å²) in [6, 6.07) is 9.50. The van der Waals surface area contributed by atoms with E-state index in [0.717, 1.165) is 18.6 Å². The lowest BCUT2D eigenvalue weighted by atomic mass is 10.0. The summed E-state index contributed by atoms with van der Waals surface area (Å²) in [7, 11) is 0. The highest BCUT2D eigenvalue weighted by Gasteiger charge is 2.27. The van der Waals surface area contributed by atoms with Gasteiger partial charge in [-0.3, -0.25) is 4.79 Å². The number of hydrogen-bond acceptors (Lipinski definition) is 3. The van der Waals surface area contributed by atoms with E-state index < -0.39 is 11.6 Å². The van der Waals surface area contributed by atoms with Gasteiger partial charge in [0.1, 0.15) is 23.2 Å². The third kappa shape index (κ3) is 4.49. The van der Waals surface area contributed by atoms with E-state index in [1.54, 1.807) is 17.0 Å². The molecule has 8 heteroatoms. The molecule has 5 nitrogen and oxygen atoms in total. The first kappa shape index (κ1) is 21.9. The zero-order valence-electron chi connectivity index (χ0n) is 18.0. The van der Waals surface area contributed by atoms with E-state index in [9.17, 15) is 18.0 Å². The topological polar surface area (TPSA) is 50.2 Å². The van der Waals surface area contributed by atoms with E-state index in [0.29, 0.717) is 60.6 Å². The van der Waals surface area contributed by atoms with E-state index in [2.05, 4.69) is 19.2 Å². The maximum absolute atomic E-state index is 13.8. The predicted molar refractivity (Wildman–Crippen MR) is 117 cm³/mol. The van der Waals surface area contributed by atoms with Crippen LogP contribution >= 0.6 is 0 Å². The first-order chi connectivity index (χ1) is 15.4. The summed E-state index contributed by atoms with van der Waals surface area (Å²) < 4.78 is 42.5. The molecule has 0 saturated carbocycles. The van der Waals surface area contributed by atoms with Gasteiger partial charge in [-0.25, -0.2) is 18.2 Å². The number of rotatable bonds is 6. The summed E-state index contributed by atoms with van der Waals surface area (Å²) >= 11 is 0. The molecule has 2 heterocycles. The standard InChI is InChI=1S/C24H25F3N4O/c1-3-15(2)12-22(32)30-10-11-31-21(14-30)29-23(16-4-6-17(25)7-5-16)24(31)28-18-8-9-19(26)20(27)13-18/h4-9,13,15,28H,3,10-12,14H2,1-2H3/t15-/m0/s1. The number of nitrogens with zero attached hydrogens (tertiary/aromatic N) is 3. The lowest BCUT2D eigenvalue weighted by Crippen LogP contribution is -2.39. The van der Waals surface area contributed by atoms with E-state index in [-0.39, 0.29) is 11.7 Å². The van der Waals surface area contributed by atoms with Crippen LogP contribution in [0.15, 0.2) is 42.5 Å². The molecule has 4 rings (SSSR count). The Kier molecular flexibility index (Phi) is 6.21. The molecule has 0 spiro atoms. The summed E-state index contributed by atoms with van der Waals surface area (Å²) in [5.41, 5.74) is 1.60. The third-order valence-corrected chi connectivity index (χ3v) is 5.85. The number of anilines is 2. The number of carbonyl (C=O) groups excluding carboxylic acids is 1. The van der Waals surface area contributed by atoms with Gasteiger partial charge in [-0.1, -0.05) is 20.3 Å². The van der Waals surface area contributed by atoms with Gasteiger partial charge in [-0.15, -0.1) is 0 Å². The molecule has 1 atom stereocenters. The molecule has 0 aliphatic carbocycles. The van der Waals surface area contributed by atoms with Gasteiger partial charge in [0.25, 0.3) is 0 Å². The maximum atomic E-state index is 13.8. The Morgan fingerprint density at radius 2 is 1.84 bits per heavy atom. The van der Waals surface area contributed by atoms with Gasteiger partial charge in [0.2, 0.25) is 5.91 Å². The van der Waals surface area contributed by atoms with Crippen molar-refractivity contribution in [1.29, 1.82) is 0 Å². The van der Waals surface area contributed by atoms with Gasteiger partial charge in [0, 0.05) is 36.8 Å². The van der Waals surface area contributed by atoms with Crippen LogP contribution in [0.5, 0.6) is 0 Å². The number of amides is 1. The molecule has 0 radical (unpaired) electrons. The minimum atomic E-state index is -0.960. The van der Waals surface area contributed by atoms with Crippen LogP contribution in [0.25, 0.3) is 11.3 Å². The fourth-order valence-corrected chi connectivity index (χ4v) is 3.76. The average Bonchev–Trinajstić information content (AvgIpc) is 3.14. The molecule has 2 aromatic carbocycles. The minimum Gasteiger partial charge on any atom is -0.340 e. The van der Waals surface area contributed by atoms with Crippen LogP contribution in [-0.4, -0.2) is 26.9 Å². The highest BCUT2D eigenvalue weighted by Crippen LogP contribution is 2.34. The van der Waals surface area contributed by atoms with Crippen LogP contribution in [0, 0.1) is 23.4 Å². The summed E-state index contributed by atoms with van der Waals surface area (Å²) in [5.74, 6) is -0.588. The molecule has 1 N–H and O–H groups in total. The number of halogens is 3. The van der Waals surface area contributed by atoms with Crippen molar-refractivity contribution in [2.45, 2.75) is 39.8 Å². The zero-order chi connectivity index (χ0) is 22.8. The van der Waals surface area contributed by atoms with Crippen molar-refractivity contribution >= 4 is 17.4 Å². The highest BCUT2D eigenvalue weighted by molar-refractivity contribution is 5.78. The van der Waals surface area contributed by atoms with Gasteiger partial charge in [0.05, 0.1) is 6.54 Å². The lowest BCUT2D eigenvalue weighted by molar-refractivity contribution is -0.133. The number of fused-ring (bicyclic) bond motifs is 1. The van der Waals surface area contributed by atoms with Crippen LogP contribution in [0.3, 0.4) is 0 Å². The van der Waals surface area contributed by atoms with Crippen molar-refractivity contribution in [3.8, 4) is 11.3 Å². The summed E-state index contributed by atoms with van der Waals surface area (Å²) in [6.07, 6.45) is 1.42. The normalized spacial score (nSPS) is 14.2. The number of carbonyl (C=O) groups is 1. The smallest absolute Gasteiger partial charge is 0.223 e. The van der Waals surface area contributed by atoms with E-state index in [4.69, 9.17) is 4.98 Å². The summed E-state index contributed by atoms with van der Waals surface area (Å²) in [4.78, 5) is 19.2. The molecule has 32 heavy (non-hydrogen) atoms. The first-order valence-corrected chi connectivity index (χ1v) is 10.7.